The normalized spacial score (nSPS) is 18.7. The lowest BCUT2D eigenvalue weighted by molar-refractivity contribution is 0.590. The number of nitrogens with zero attached hydrogens (tertiary/aromatic N) is 1. The molecule has 1 aromatic carbocycles. The average molecular weight is 282 g/mol. The number of likely N-dealkylation sites (N-methyl/N-ethyl adjacent to an activating group) is 1. The molecule has 0 radical (unpaired) electrons. The molecule has 1 heterocycles. The van der Waals surface area contributed by atoms with Crippen molar-refractivity contribution in [1.29, 1.82) is 0 Å². The average Bonchev–Trinajstić information content (AvgIpc) is 2.64. The molecule has 4 nitrogen and oxygen atoms in total. The van der Waals surface area contributed by atoms with Gasteiger partial charge in [0.15, 0.2) is 0 Å². The van der Waals surface area contributed by atoms with Crippen LogP contribution in [0.15, 0.2) is 18.2 Å². The van der Waals surface area contributed by atoms with Gasteiger partial charge in [0.2, 0.25) is 10.0 Å². The Morgan fingerprint density at radius 3 is 2.79 bits per heavy atom. The first-order valence-electron chi connectivity index (χ1n) is 6.75. The molecule has 2 rings (SSSR count). The third-order valence-corrected chi connectivity index (χ3v) is 4.77. The van der Waals surface area contributed by atoms with E-state index in [4.69, 9.17) is 0 Å². The van der Waals surface area contributed by atoms with E-state index in [1.807, 2.05) is 19.1 Å². The monoisotopic (exact) mass is 282 g/mol. The molecule has 0 saturated heterocycles. The van der Waals surface area contributed by atoms with Crippen LogP contribution in [0.25, 0.3) is 0 Å². The predicted molar refractivity (Wildman–Crippen MR) is 79.2 cm³/mol. The number of nitrogens with one attached hydrogen (secondary N) is 1. The minimum atomic E-state index is -3.18. The summed E-state index contributed by atoms with van der Waals surface area (Å²) in [5.41, 5.74) is 3.26. The van der Waals surface area contributed by atoms with Gasteiger partial charge in [-0.3, -0.25) is 4.31 Å². The van der Waals surface area contributed by atoms with Gasteiger partial charge in [-0.25, -0.2) is 8.42 Å². The lowest BCUT2D eigenvalue weighted by atomic mass is 10.0. The second-order valence-electron chi connectivity index (χ2n) is 5.18. The highest BCUT2D eigenvalue weighted by Gasteiger charge is 2.32. The molecule has 106 valence electrons. The van der Waals surface area contributed by atoms with Gasteiger partial charge >= 0.3 is 0 Å². The number of sulfonamides is 1. The Labute approximate surface area is 115 Å². The summed E-state index contributed by atoms with van der Waals surface area (Å²) >= 11 is 0. The standard InChI is InChI=1S/C14H22N2O2S/c1-4-15-8-7-12-5-6-14-13(10-12)9-11(2)16(14)19(3,17)18/h5-6,10-11,15H,4,7-9H2,1-3H3. The summed E-state index contributed by atoms with van der Waals surface area (Å²) in [6, 6.07) is 6.15. The number of anilines is 1. The Kier molecular flexibility index (Phi) is 4.16. The van der Waals surface area contributed by atoms with Gasteiger partial charge in [-0.15, -0.1) is 0 Å². The van der Waals surface area contributed by atoms with Crippen LogP contribution >= 0.6 is 0 Å². The topological polar surface area (TPSA) is 49.4 Å². The Bertz CT molecular complexity index is 555. The molecule has 1 unspecified atom stereocenters. The quantitative estimate of drug-likeness (QED) is 0.834. The molecule has 5 heteroatoms. The van der Waals surface area contributed by atoms with Crippen molar-refractivity contribution >= 4 is 15.7 Å². The van der Waals surface area contributed by atoms with Crippen molar-refractivity contribution in [3.05, 3.63) is 29.3 Å². The first-order chi connectivity index (χ1) is 8.93. The van der Waals surface area contributed by atoms with Crippen molar-refractivity contribution in [2.24, 2.45) is 0 Å². The van der Waals surface area contributed by atoms with Gasteiger partial charge in [-0.1, -0.05) is 19.1 Å². The largest absolute Gasteiger partial charge is 0.317 e. The van der Waals surface area contributed by atoms with Crippen LogP contribution in [0.4, 0.5) is 5.69 Å². The van der Waals surface area contributed by atoms with E-state index < -0.39 is 10.0 Å². The predicted octanol–water partition coefficient (Wildman–Crippen LogP) is 1.55. The number of hydrogen-bond acceptors (Lipinski definition) is 3. The number of hydrogen-bond donors (Lipinski definition) is 1. The molecule has 1 N–H and O–H groups in total. The van der Waals surface area contributed by atoms with E-state index >= 15 is 0 Å². The molecule has 0 bridgehead atoms. The fraction of sp³-hybridized carbons (Fsp3) is 0.571. The van der Waals surface area contributed by atoms with Crippen molar-refractivity contribution in [3.8, 4) is 0 Å². The lowest BCUT2D eigenvalue weighted by Gasteiger charge is -2.22. The number of fused-ring (bicyclic) bond motifs is 1. The third kappa shape index (κ3) is 3.09. The SMILES string of the molecule is CCNCCc1ccc2c(c1)CC(C)N2S(C)(=O)=O. The summed E-state index contributed by atoms with van der Waals surface area (Å²) in [4.78, 5) is 0. The van der Waals surface area contributed by atoms with Gasteiger partial charge in [0, 0.05) is 6.04 Å². The minimum Gasteiger partial charge on any atom is -0.317 e. The van der Waals surface area contributed by atoms with E-state index in [1.54, 1.807) is 0 Å². The summed E-state index contributed by atoms with van der Waals surface area (Å²) < 4.78 is 25.2. The van der Waals surface area contributed by atoms with Crippen molar-refractivity contribution in [3.63, 3.8) is 0 Å². The van der Waals surface area contributed by atoms with Crippen LogP contribution in [0.2, 0.25) is 0 Å². The van der Waals surface area contributed by atoms with Gasteiger partial charge in [0.05, 0.1) is 11.9 Å². The van der Waals surface area contributed by atoms with Gasteiger partial charge in [-0.05, 0) is 50.0 Å². The summed E-state index contributed by atoms with van der Waals surface area (Å²) in [6.07, 6.45) is 3.06. The van der Waals surface area contributed by atoms with E-state index in [0.29, 0.717) is 0 Å². The van der Waals surface area contributed by atoms with Crippen LogP contribution in [0.3, 0.4) is 0 Å². The minimum absolute atomic E-state index is 0.0222. The molecule has 1 atom stereocenters. The molecule has 1 aliphatic heterocycles. The molecule has 0 amide bonds. The first-order valence-corrected chi connectivity index (χ1v) is 8.60. The van der Waals surface area contributed by atoms with Crippen LogP contribution in [0, 0.1) is 0 Å². The molecule has 0 fully saturated rings. The highest BCUT2D eigenvalue weighted by atomic mass is 32.2. The Balaban J connectivity index is 2.22. The van der Waals surface area contributed by atoms with Gasteiger partial charge in [0.1, 0.15) is 0 Å². The van der Waals surface area contributed by atoms with Crippen molar-refractivity contribution in [2.75, 3.05) is 23.7 Å². The van der Waals surface area contributed by atoms with Gasteiger partial charge < -0.3 is 5.32 Å². The second kappa shape index (κ2) is 5.51. The van der Waals surface area contributed by atoms with E-state index in [1.165, 1.54) is 16.1 Å². The smallest absolute Gasteiger partial charge is 0.232 e. The molecule has 0 saturated carbocycles. The Morgan fingerprint density at radius 1 is 1.42 bits per heavy atom. The highest BCUT2D eigenvalue weighted by Crippen LogP contribution is 2.34. The number of benzene rings is 1. The lowest BCUT2D eigenvalue weighted by Crippen LogP contribution is -2.34. The van der Waals surface area contributed by atoms with Gasteiger partial charge in [0.25, 0.3) is 0 Å². The molecular weight excluding hydrogens is 260 g/mol. The fourth-order valence-corrected chi connectivity index (χ4v) is 3.99. The second-order valence-corrected chi connectivity index (χ2v) is 7.04. The van der Waals surface area contributed by atoms with Crippen LogP contribution in [0.5, 0.6) is 0 Å². The molecule has 0 spiro atoms. The zero-order valence-corrected chi connectivity index (χ0v) is 12.6. The van der Waals surface area contributed by atoms with E-state index in [0.717, 1.165) is 37.2 Å². The number of rotatable bonds is 5. The Hall–Kier alpha value is -1.07. The molecule has 1 aliphatic rings. The highest BCUT2D eigenvalue weighted by molar-refractivity contribution is 7.92. The van der Waals surface area contributed by atoms with E-state index in [2.05, 4.69) is 18.3 Å². The molecule has 0 aromatic heterocycles. The van der Waals surface area contributed by atoms with Crippen LogP contribution in [-0.4, -0.2) is 33.8 Å². The molecular formula is C14H22N2O2S. The van der Waals surface area contributed by atoms with Crippen LogP contribution in [-0.2, 0) is 22.9 Å². The third-order valence-electron chi connectivity index (χ3n) is 3.49. The maximum Gasteiger partial charge on any atom is 0.232 e. The van der Waals surface area contributed by atoms with Crippen molar-refractivity contribution in [2.45, 2.75) is 32.7 Å². The fourth-order valence-electron chi connectivity index (χ4n) is 2.73. The zero-order valence-electron chi connectivity index (χ0n) is 11.8. The van der Waals surface area contributed by atoms with Crippen LogP contribution < -0.4 is 9.62 Å². The molecule has 0 aliphatic carbocycles. The summed E-state index contributed by atoms with van der Waals surface area (Å²) in [5.74, 6) is 0. The van der Waals surface area contributed by atoms with E-state index in [9.17, 15) is 8.42 Å². The van der Waals surface area contributed by atoms with Crippen LogP contribution in [0.1, 0.15) is 25.0 Å². The maximum atomic E-state index is 11.8. The Morgan fingerprint density at radius 2 is 2.16 bits per heavy atom. The molecule has 1 aromatic rings. The molecule has 19 heavy (non-hydrogen) atoms. The zero-order chi connectivity index (χ0) is 14.0. The van der Waals surface area contributed by atoms with E-state index in [-0.39, 0.29) is 6.04 Å². The van der Waals surface area contributed by atoms with Crippen molar-refractivity contribution in [1.82, 2.24) is 5.32 Å². The summed E-state index contributed by atoms with van der Waals surface area (Å²) in [6.45, 7) is 5.98. The van der Waals surface area contributed by atoms with Gasteiger partial charge in [-0.2, -0.15) is 0 Å². The summed E-state index contributed by atoms with van der Waals surface area (Å²) in [7, 11) is -3.18. The first kappa shape index (κ1) is 14.3. The summed E-state index contributed by atoms with van der Waals surface area (Å²) in [5, 5.41) is 3.30. The maximum absolute atomic E-state index is 11.8. The van der Waals surface area contributed by atoms with Crippen molar-refractivity contribution < 1.29 is 8.42 Å².